The Bertz CT molecular complexity index is 960. The lowest BCUT2D eigenvalue weighted by Gasteiger charge is -2.46. The molecule has 1 aromatic rings. The van der Waals surface area contributed by atoms with Crippen molar-refractivity contribution in [3.05, 3.63) is 62.8 Å². The van der Waals surface area contributed by atoms with E-state index in [4.69, 9.17) is 0 Å². The zero-order valence-corrected chi connectivity index (χ0v) is 22.1. The molecule has 0 radical (unpaired) electrons. The maximum Gasteiger partial charge on any atom is 0.226 e. The Kier molecular flexibility index (Phi) is 7.02. The van der Waals surface area contributed by atoms with Crippen molar-refractivity contribution in [1.29, 1.82) is 0 Å². The van der Waals surface area contributed by atoms with Crippen LogP contribution in [0.2, 0.25) is 0 Å². The van der Waals surface area contributed by atoms with Crippen molar-refractivity contribution >= 4 is 34.6 Å². The second-order valence-electron chi connectivity index (χ2n) is 10.3. The van der Waals surface area contributed by atoms with Gasteiger partial charge in [0, 0.05) is 30.0 Å². The zero-order chi connectivity index (χ0) is 22.9. The van der Waals surface area contributed by atoms with Crippen molar-refractivity contribution in [3.63, 3.8) is 0 Å². The summed E-state index contributed by atoms with van der Waals surface area (Å²) in [4.78, 5) is 15.8. The molecule has 3 aliphatic rings. The summed E-state index contributed by atoms with van der Waals surface area (Å²) in [5.41, 5.74) is 4.01. The second-order valence-corrected chi connectivity index (χ2v) is 12.0. The number of nitrogens with one attached hydrogen (secondary N) is 1. The number of piperidine rings is 1. The minimum absolute atomic E-state index is 0.194. The summed E-state index contributed by atoms with van der Waals surface area (Å²) in [6.45, 7) is 11.6. The standard InChI is InChI=1S/C28H37IN2O/c1-5-22(16-21(3)29)18-30-26(32)27(4)12-11-24(17-27)31-15-14-28(20(2)19-31)13-10-23-8-6-7-9-25(23)28/h5-10,13,16,20,24H,11-12,14-15,17-19H2,1-4H3,(H,30,32)/b21-16+,22-5+/t20-,24?,27?,28-/m0/s1. The molecule has 0 aromatic heterocycles. The van der Waals surface area contributed by atoms with Crippen molar-refractivity contribution in [1.82, 2.24) is 10.2 Å². The molecule has 1 N–H and O–H groups in total. The van der Waals surface area contributed by atoms with Gasteiger partial charge in [0.05, 0.1) is 0 Å². The van der Waals surface area contributed by atoms with Crippen LogP contribution < -0.4 is 5.32 Å². The van der Waals surface area contributed by atoms with E-state index in [1.165, 1.54) is 26.7 Å². The summed E-state index contributed by atoms with van der Waals surface area (Å²) in [6, 6.07) is 9.42. The Morgan fingerprint density at radius 3 is 2.81 bits per heavy atom. The fourth-order valence-corrected chi connectivity index (χ4v) is 6.57. The Hall–Kier alpha value is -1.40. The van der Waals surface area contributed by atoms with Crippen LogP contribution in [0.25, 0.3) is 6.08 Å². The second kappa shape index (κ2) is 9.46. The zero-order valence-electron chi connectivity index (χ0n) is 20.0. The first-order valence-electron chi connectivity index (χ1n) is 12.1. The van der Waals surface area contributed by atoms with Crippen LogP contribution >= 0.6 is 22.6 Å². The monoisotopic (exact) mass is 544 g/mol. The SMILES string of the molecule is C/C=C(\C=C(/C)I)CNC(=O)C1(C)CCC(N2CC[C@@]3(C=Cc4ccccc43)[C@@H](C)C2)C1. The van der Waals surface area contributed by atoms with Crippen LogP contribution in [0.15, 0.2) is 51.6 Å². The number of rotatable bonds is 5. The van der Waals surface area contributed by atoms with Crippen LogP contribution in [0.1, 0.15) is 64.5 Å². The number of allylic oxidation sites excluding steroid dienone is 3. The topological polar surface area (TPSA) is 32.3 Å². The number of carbonyl (C=O) groups is 1. The van der Waals surface area contributed by atoms with E-state index in [9.17, 15) is 4.79 Å². The largest absolute Gasteiger partial charge is 0.352 e. The summed E-state index contributed by atoms with van der Waals surface area (Å²) in [6.07, 6.45) is 13.3. The van der Waals surface area contributed by atoms with Crippen LogP contribution in [0, 0.1) is 11.3 Å². The molecular weight excluding hydrogens is 507 g/mol. The Morgan fingerprint density at radius 2 is 2.09 bits per heavy atom. The van der Waals surface area contributed by atoms with Crippen molar-refractivity contribution in [3.8, 4) is 0 Å². The summed E-state index contributed by atoms with van der Waals surface area (Å²) in [5.74, 6) is 0.797. The number of hydrogen-bond acceptors (Lipinski definition) is 2. The van der Waals surface area contributed by atoms with Crippen LogP contribution in [0.4, 0.5) is 0 Å². The molecule has 4 rings (SSSR count). The summed E-state index contributed by atoms with van der Waals surface area (Å²) >= 11 is 2.32. The lowest BCUT2D eigenvalue weighted by atomic mass is 9.68. The molecule has 4 heteroatoms. The van der Waals surface area contributed by atoms with E-state index < -0.39 is 0 Å². The molecule has 4 atom stereocenters. The smallest absolute Gasteiger partial charge is 0.226 e. The van der Waals surface area contributed by atoms with E-state index >= 15 is 0 Å². The predicted octanol–water partition coefficient (Wildman–Crippen LogP) is 6.25. The highest BCUT2D eigenvalue weighted by Crippen LogP contribution is 2.49. The van der Waals surface area contributed by atoms with E-state index in [2.05, 4.69) is 102 Å². The normalized spacial score (nSPS) is 33.0. The number of amides is 1. The maximum atomic E-state index is 13.1. The highest BCUT2D eigenvalue weighted by molar-refractivity contribution is 14.1. The van der Waals surface area contributed by atoms with Crippen molar-refractivity contribution in [2.75, 3.05) is 19.6 Å². The lowest BCUT2D eigenvalue weighted by molar-refractivity contribution is -0.129. The van der Waals surface area contributed by atoms with Gasteiger partial charge in [-0.3, -0.25) is 9.69 Å². The van der Waals surface area contributed by atoms with Crippen molar-refractivity contribution in [2.45, 2.75) is 64.8 Å². The third-order valence-corrected chi connectivity index (χ3v) is 8.52. The Morgan fingerprint density at radius 1 is 1.31 bits per heavy atom. The number of fused-ring (bicyclic) bond motifs is 2. The Labute approximate surface area is 207 Å². The van der Waals surface area contributed by atoms with Gasteiger partial charge in [0.15, 0.2) is 0 Å². The van der Waals surface area contributed by atoms with Gasteiger partial charge in [-0.15, -0.1) is 0 Å². The van der Waals surface area contributed by atoms with Gasteiger partial charge in [-0.05, 0) is 101 Å². The van der Waals surface area contributed by atoms with E-state index in [0.29, 0.717) is 18.5 Å². The molecule has 32 heavy (non-hydrogen) atoms. The van der Waals surface area contributed by atoms with Gasteiger partial charge in [0.25, 0.3) is 0 Å². The molecular formula is C28H37IN2O. The summed E-state index contributed by atoms with van der Waals surface area (Å²) < 4.78 is 1.23. The molecule has 1 amide bonds. The average Bonchev–Trinajstić information content (AvgIpc) is 3.36. The molecule has 0 bridgehead atoms. The van der Waals surface area contributed by atoms with Crippen molar-refractivity contribution in [2.24, 2.45) is 11.3 Å². The van der Waals surface area contributed by atoms with Gasteiger partial charge < -0.3 is 5.32 Å². The van der Waals surface area contributed by atoms with Gasteiger partial charge in [0.2, 0.25) is 5.91 Å². The number of halogens is 1. The first-order valence-corrected chi connectivity index (χ1v) is 13.2. The molecule has 1 spiro atoms. The van der Waals surface area contributed by atoms with Gasteiger partial charge in [-0.25, -0.2) is 0 Å². The first kappa shape index (κ1) is 23.7. The van der Waals surface area contributed by atoms with E-state index in [-0.39, 0.29) is 16.7 Å². The van der Waals surface area contributed by atoms with E-state index in [1.807, 2.05) is 6.92 Å². The number of hydrogen-bond donors (Lipinski definition) is 1. The lowest BCUT2D eigenvalue weighted by Crippen LogP contribution is -2.50. The van der Waals surface area contributed by atoms with Gasteiger partial charge >= 0.3 is 0 Å². The third kappa shape index (κ3) is 4.50. The molecule has 3 nitrogen and oxygen atoms in total. The molecule has 1 heterocycles. The summed E-state index contributed by atoms with van der Waals surface area (Å²) in [7, 11) is 0. The third-order valence-electron chi connectivity index (χ3n) is 8.21. The predicted molar refractivity (Wildman–Crippen MR) is 143 cm³/mol. The molecule has 2 fully saturated rings. The molecule has 1 aromatic carbocycles. The average molecular weight is 545 g/mol. The molecule has 2 aliphatic carbocycles. The highest BCUT2D eigenvalue weighted by atomic mass is 127. The van der Waals surface area contributed by atoms with Gasteiger partial charge in [-0.2, -0.15) is 0 Å². The quantitative estimate of drug-likeness (QED) is 0.351. The minimum Gasteiger partial charge on any atom is -0.352 e. The number of carbonyl (C=O) groups excluding carboxylic acids is 1. The fraction of sp³-hybridized carbons (Fsp3) is 0.536. The Balaban J connectivity index is 1.37. The fourth-order valence-electron chi connectivity index (χ4n) is 6.17. The van der Waals surface area contributed by atoms with Gasteiger partial charge in [0.1, 0.15) is 0 Å². The number of likely N-dealkylation sites (tertiary alicyclic amines) is 1. The molecule has 1 saturated heterocycles. The van der Waals surface area contributed by atoms with Crippen LogP contribution in [-0.2, 0) is 10.2 Å². The molecule has 2 unspecified atom stereocenters. The summed E-state index contributed by atoms with van der Waals surface area (Å²) in [5, 5.41) is 3.22. The number of nitrogens with zero attached hydrogens (tertiary/aromatic N) is 1. The maximum absolute atomic E-state index is 13.1. The molecule has 1 aliphatic heterocycles. The van der Waals surface area contributed by atoms with E-state index in [0.717, 1.165) is 32.4 Å². The van der Waals surface area contributed by atoms with E-state index in [1.54, 1.807) is 0 Å². The first-order chi connectivity index (χ1) is 15.3. The number of benzene rings is 1. The van der Waals surface area contributed by atoms with Gasteiger partial charge in [-0.1, -0.05) is 56.3 Å². The minimum atomic E-state index is -0.259. The molecule has 1 saturated carbocycles. The van der Waals surface area contributed by atoms with Crippen LogP contribution in [-0.4, -0.2) is 36.5 Å². The highest BCUT2D eigenvalue weighted by Gasteiger charge is 2.48. The molecule has 172 valence electrons. The van der Waals surface area contributed by atoms with Crippen molar-refractivity contribution < 1.29 is 4.79 Å². The van der Waals surface area contributed by atoms with Crippen LogP contribution in [0.3, 0.4) is 0 Å². The van der Waals surface area contributed by atoms with Crippen LogP contribution in [0.5, 0.6) is 0 Å².